The first kappa shape index (κ1) is 19.5. The molecule has 0 aliphatic heterocycles. The fourth-order valence-corrected chi connectivity index (χ4v) is 2.92. The number of carbonyl (C=O) groups excluding carboxylic acids is 1. The number of aromatic nitrogens is 1. The van der Waals surface area contributed by atoms with E-state index in [2.05, 4.69) is 17.2 Å². The first-order chi connectivity index (χ1) is 12.0. The van der Waals surface area contributed by atoms with Gasteiger partial charge in [-0.2, -0.15) is 0 Å². The number of rotatable bonds is 8. The van der Waals surface area contributed by atoms with Crippen molar-refractivity contribution in [2.75, 3.05) is 25.5 Å². The lowest BCUT2D eigenvalue weighted by atomic mass is 10.1. The Bertz CT molecular complexity index is 722. The molecule has 0 fully saturated rings. The fraction of sp³-hybridized carbons (Fsp3) is 0.368. The second-order valence-corrected chi connectivity index (χ2v) is 6.77. The van der Waals surface area contributed by atoms with Crippen molar-refractivity contribution in [2.45, 2.75) is 26.2 Å². The van der Waals surface area contributed by atoms with Gasteiger partial charge in [0.2, 0.25) is 0 Å². The smallest absolute Gasteiger partial charge is 0.272 e. The summed E-state index contributed by atoms with van der Waals surface area (Å²) in [6, 6.07) is 9.14. The van der Waals surface area contributed by atoms with Crippen molar-refractivity contribution < 1.29 is 4.79 Å². The van der Waals surface area contributed by atoms with Crippen LogP contribution in [0.2, 0.25) is 10.0 Å². The zero-order valence-electron chi connectivity index (χ0n) is 14.6. The SMILES string of the molecule is CCCCN(C)C(=O)c1cc(NCCc2ccc(Cl)cc2Cl)ccn1. The second kappa shape index (κ2) is 9.64. The van der Waals surface area contributed by atoms with Gasteiger partial charge in [-0.15, -0.1) is 0 Å². The minimum Gasteiger partial charge on any atom is -0.385 e. The lowest BCUT2D eigenvalue weighted by Gasteiger charge is -2.16. The zero-order valence-corrected chi connectivity index (χ0v) is 16.1. The molecule has 1 amide bonds. The van der Waals surface area contributed by atoms with Gasteiger partial charge in [-0.3, -0.25) is 9.78 Å². The van der Waals surface area contributed by atoms with Crippen molar-refractivity contribution >= 4 is 34.8 Å². The van der Waals surface area contributed by atoms with E-state index in [0.29, 0.717) is 22.3 Å². The van der Waals surface area contributed by atoms with E-state index in [1.165, 1.54) is 0 Å². The Kier molecular flexibility index (Phi) is 7.53. The fourth-order valence-electron chi connectivity index (χ4n) is 2.42. The molecule has 0 radical (unpaired) electrons. The third-order valence-electron chi connectivity index (χ3n) is 3.91. The van der Waals surface area contributed by atoms with E-state index in [9.17, 15) is 4.79 Å². The van der Waals surface area contributed by atoms with Crippen molar-refractivity contribution in [3.63, 3.8) is 0 Å². The highest BCUT2D eigenvalue weighted by Gasteiger charge is 2.13. The summed E-state index contributed by atoms with van der Waals surface area (Å²) in [7, 11) is 1.81. The van der Waals surface area contributed by atoms with Gasteiger partial charge in [0.15, 0.2) is 0 Å². The first-order valence-electron chi connectivity index (χ1n) is 8.40. The Hall–Kier alpha value is -1.78. The quantitative estimate of drug-likeness (QED) is 0.707. The predicted molar refractivity (Wildman–Crippen MR) is 105 cm³/mol. The van der Waals surface area contributed by atoms with E-state index in [0.717, 1.165) is 37.1 Å². The molecule has 6 heteroatoms. The molecule has 0 atom stereocenters. The molecule has 1 N–H and O–H groups in total. The number of nitrogens with one attached hydrogen (secondary N) is 1. The molecular formula is C19H23Cl2N3O. The monoisotopic (exact) mass is 379 g/mol. The number of unbranched alkanes of at least 4 members (excludes halogenated alkanes) is 1. The van der Waals surface area contributed by atoms with Gasteiger partial charge in [-0.05, 0) is 42.7 Å². The molecule has 0 aliphatic rings. The summed E-state index contributed by atoms with van der Waals surface area (Å²) in [5, 5.41) is 4.61. The molecule has 4 nitrogen and oxygen atoms in total. The van der Waals surface area contributed by atoms with E-state index in [-0.39, 0.29) is 5.91 Å². The molecule has 0 bridgehead atoms. The molecular weight excluding hydrogens is 357 g/mol. The summed E-state index contributed by atoms with van der Waals surface area (Å²) in [5.41, 5.74) is 2.35. The number of benzene rings is 1. The molecule has 1 aromatic heterocycles. The number of anilines is 1. The van der Waals surface area contributed by atoms with Gasteiger partial charge < -0.3 is 10.2 Å². The number of hydrogen-bond donors (Lipinski definition) is 1. The normalized spacial score (nSPS) is 10.6. The summed E-state index contributed by atoms with van der Waals surface area (Å²) < 4.78 is 0. The predicted octanol–water partition coefficient (Wildman–Crippen LogP) is 4.92. The Morgan fingerprint density at radius 1 is 1.24 bits per heavy atom. The topological polar surface area (TPSA) is 45.2 Å². The van der Waals surface area contributed by atoms with Crippen LogP contribution in [0.3, 0.4) is 0 Å². The average molecular weight is 380 g/mol. The van der Waals surface area contributed by atoms with E-state index in [4.69, 9.17) is 23.2 Å². The Labute approximate surface area is 159 Å². The van der Waals surface area contributed by atoms with Crippen molar-refractivity contribution in [3.05, 3.63) is 57.8 Å². The number of carbonyl (C=O) groups is 1. The average Bonchev–Trinajstić information content (AvgIpc) is 2.61. The molecule has 134 valence electrons. The van der Waals surface area contributed by atoms with Gasteiger partial charge in [0, 0.05) is 42.1 Å². The van der Waals surface area contributed by atoms with Gasteiger partial charge in [-0.1, -0.05) is 42.6 Å². The van der Waals surface area contributed by atoms with Gasteiger partial charge in [-0.25, -0.2) is 0 Å². The van der Waals surface area contributed by atoms with Crippen LogP contribution in [0.15, 0.2) is 36.5 Å². The molecule has 1 aromatic carbocycles. The summed E-state index contributed by atoms with van der Waals surface area (Å²) in [5.74, 6) is -0.0576. The third-order valence-corrected chi connectivity index (χ3v) is 4.50. The number of hydrogen-bond acceptors (Lipinski definition) is 3. The molecule has 0 saturated carbocycles. The van der Waals surface area contributed by atoms with Crippen LogP contribution in [0, 0.1) is 0 Å². The van der Waals surface area contributed by atoms with Gasteiger partial charge in [0.05, 0.1) is 0 Å². The van der Waals surface area contributed by atoms with Crippen molar-refractivity contribution in [1.29, 1.82) is 0 Å². The minimum atomic E-state index is -0.0576. The molecule has 0 unspecified atom stereocenters. The maximum atomic E-state index is 12.4. The Morgan fingerprint density at radius 3 is 2.76 bits per heavy atom. The van der Waals surface area contributed by atoms with Crippen molar-refractivity contribution in [1.82, 2.24) is 9.88 Å². The standard InChI is InChI=1S/C19H23Cl2N3O/c1-3-4-11-24(2)19(25)18-13-16(8-10-23-18)22-9-7-14-5-6-15(20)12-17(14)21/h5-6,8,10,12-13H,3-4,7,9,11H2,1-2H3,(H,22,23). The molecule has 1 heterocycles. The largest absolute Gasteiger partial charge is 0.385 e. The van der Waals surface area contributed by atoms with Crippen LogP contribution < -0.4 is 5.32 Å². The van der Waals surface area contributed by atoms with E-state index >= 15 is 0 Å². The first-order valence-corrected chi connectivity index (χ1v) is 9.16. The Balaban J connectivity index is 1.93. The lowest BCUT2D eigenvalue weighted by molar-refractivity contribution is 0.0787. The lowest BCUT2D eigenvalue weighted by Crippen LogP contribution is -2.28. The highest BCUT2D eigenvalue weighted by molar-refractivity contribution is 6.35. The van der Waals surface area contributed by atoms with E-state index < -0.39 is 0 Å². The molecule has 2 aromatic rings. The van der Waals surface area contributed by atoms with Crippen LogP contribution in [0.1, 0.15) is 35.8 Å². The third kappa shape index (κ3) is 5.91. The van der Waals surface area contributed by atoms with Crippen molar-refractivity contribution in [2.24, 2.45) is 0 Å². The van der Waals surface area contributed by atoms with Crippen LogP contribution in [0.25, 0.3) is 0 Å². The molecule has 0 spiro atoms. The molecule has 0 aliphatic carbocycles. The van der Waals surface area contributed by atoms with Gasteiger partial charge in [0.25, 0.3) is 5.91 Å². The maximum absolute atomic E-state index is 12.4. The minimum absolute atomic E-state index is 0.0576. The second-order valence-electron chi connectivity index (χ2n) is 5.92. The van der Waals surface area contributed by atoms with Crippen LogP contribution in [-0.4, -0.2) is 35.9 Å². The Morgan fingerprint density at radius 2 is 2.04 bits per heavy atom. The highest BCUT2D eigenvalue weighted by Crippen LogP contribution is 2.21. The molecule has 25 heavy (non-hydrogen) atoms. The number of amides is 1. The summed E-state index contributed by atoms with van der Waals surface area (Å²) in [6.07, 6.45) is 4.46. The van der Waals surface area contributed by atoms with Crippen molar-refractivity contribution in [3.8, 4) is 0 Å². The summed E-state index contributed by atoms with van der Waals surface area (Å²) >= 11 is 12.1. The van der Waals surface area contributed by atoms with Gasteiger partial charge in [0.1, 0.15) is 5.69 Å². The van der Waals surface area contributed by atoms with Crippen LogP contribution in [0.5, 0.6) is 0 Å². The highest BCUT2D eigenvalue weighted by atomic mass is 35.5. The van der Waals surface area contributed by atoms with E-state index in [1.54, 1.807) is 23.2 Å². The van der Waals surface area contributed by atoms with Crippen LogP contribution in [-0.2, 0) is 6.42 Å². The summed E-state index contributed by atoms with van der Waals surface area (Å²) in [6.45, 7) is 3.54. The zero-order chi connectivity index (χ0) is 18.2. The van der Waals surface area contributed by atoms with Gasteiger partial charge >= 0.3 is 0 Å². The molecule has 0 saturated heterocycles. The number of nitrogens with zero attached hydrogens (tertiary/aromatic N) is 2. The molecule has 2 rings (SSSR count). The van der Waals surface area contributed by atoms with Crippen LogP contribution >= 0.6 is 23.2 Å². The van der Waals surface area contributed by atoms with E-state index in [1.807, 2.05) is 25.2 Å². The van der Waals surface area contributed by atoms with Crippen LogP contribution in [0.4, 0.5) is 5.69 Å². The summed E-state index contributed by atoms with van der Waals surface area (Å²) in [4.78, 5) is 18.3. The number of pyridine rings is 1. The number of halogens is 2. The maximum Gasteiger partial charge on any atom is 0.272 e.